The van der Waals surface area contributed by atoms with Gasteiger partial charge in [0, 0.05) is 18.1 Å². The lowest BCUT2D eigenvalue weighted by Gasteiger charge is -2.39. The lowest BCUT2D eigenvalue weighted by molar-refractivity contribution is 0.158. The highest BCUT2D eigenvalue weighted by Crippen LogP contribution is 2.38. The highest BCUT2D eigenvalue weighted by molar-refractivity contribution is 5.35. The molecule has 2 saturated heterocycles. The van der Waals surface area contributed by atoms with Gasteiger partial charge in [-0.15, -0.1) is 0 Å². The second kappa shape index (κ2) is 5.73. The van der Waals surface area contributed by atoms with E-state index in [1.165, 1.54) is 51.6 Å². The number of hydrogen-bond donors (Lipinski definition) is 1. The Balaban J connectivity index is 1.47. The molecule has 3 aliphatic rings. The number of piperidine rings is 1. The van der Waals surface area contributed by atoms with Gasteiger partial charge < -0.3 is 10.2 Å². The van der Waals surface area contributed by atoms with Crippen molar-refractivity contribution in [1.29, 1.82) is 0 Å². The lowest BCUT2D eigenvalue weighted by atomic mass is 9.80. The molecule has 0 spiro atoms. The van der Waals surface area contributed by atoms with Gasteiger partial charge in [0.2, 0.25) is 0 Å². The monoisotopic (exact) mass is 284 g/mol. The van der Waals surface area contributed by atoms with E-state index in [-0.39, 0.29) is 0 Å². The van der Waals surface area contributed by atoms with Gasteiger partial charge in [0.1, 0.15) is 0 Å². The summed E-state index contributed by atoms with van der Waals surface area (Å²) in [5, 5.41) is 4.02. The van der Waals surface area contributed by atoms with Crippen LogP contribution < -0.4 is 5.32 Å². The minimum absolute atomic E-state index is 0.593. The number of hydrogen-bond acceptors (Lipinski definition) is 2. The highest BCUT2D eigenvalue weighted by atomic mass is 15.2. The molecule has 0 amide bonds. The zero-order valence-electron chi connectivity index (χ0n) is 13.2. The molecule has 1 N–H and O–H groups in total. The molecule has 1 aliphatic carbocycles. The van der Waals surface area contributed by atoms with Crippen LogP contribution in [0.2, 0.25) is 0 Å². The molecule has 1 aromatic carbocycles. The Bertz CT molecular complexity index is 498. The molecule has 2 nitrogen and oxygen atoms in total. The molecule has 2 heteroatoms. The minimum atomic E-state index is 0.593. The second-order valence-electron chi connectivity index (χ2n) is 7.38. The number of fused-ring (bicyclic) bond motifs is 2. The van der Waals surface area contributed by atoms with Crippen LogP contribution in [0, 0.1) is 0 Å². The molecule has 2 heterocycles. The van der Waals surface area contributed by atoms with Crippen LogP contribution in [0.15, 0.2) is 24.3 Å². The largest absolute Gasteiger partial charge is 0.307 e. The van der Waals surface area contributed by atoms with Crippen LogP contribution in [0.5, 0.6) is 0 Å². The van der Waals surface area contributed by atoms with Gasteiger partial charge in [0.25, 0.3) is 0 Å². The molecular weight excluding hydrogens is 256 g/mol. The predicted octanol–water partition coefficient (Wildman–Crippen LogP) is 3.84. The first-order chi connectivity index (χ1) is 10.3. The fourth-order valence-corrected chi connectivity index (χ4v) is 4.84. The number of nitrogens with zero attached hydrogens (tertiary/aromatic N) is 1. The molecule has 4 atom stereocenters. The van der Waals surface area contributed by atoms with Crippen molar-refractivity contribution in [2.75, 3.05) is 13.1 Å². The van der Waals surface area contributed by atoms with Crippen molar-refractivity contribution in [3.8, 4) is 0 Å². The third-order valence-electron chi connectivity index (χ3n) is 6.05. The summed E-state index contributed by atoms with van der Waals surface area (Å²) in [6.45, 7) is 5.04. The Morgan fingerprint density at radius 1 is 1.00 bits per heavy atom. The quantitative estimate of drug-likeness (QED) is 0.887. The summed E-state index contributed by atoms with van der Waals surface area (Å²) in [5.74, 6) is 0.732. The molecule has 0 radical (unpaired) electrons. The summed E-state index contributed by atoms with van der Waals surface area (Å²) in [4.78, 5) is 2.72. The van der Waals surface area contributed by atoms with Crippen LogP contribution in [-0.4, -0.2) is 30.1 Å². The van der Waals surface area contributed by atoms with E-state index in [2.05, 4.69) is 41.4 Å². The zero-order valence-corrected chi connectivity index (χ0v) is 13.2. The van der Waals surface area contributed by atoms with E-state index in [0.717, 1.165) is 18.0 Å². The summed E-state index contributed by atoms with van der Waals surface area (Å²) >= 11 is 0. The summed E-state index contributed by atoms with van der Waals surface area (Å²) in [5.41, 5.74) is 3.16. The summed E-state index contributed by atoms with van der Waals surface area (Å²) in [6, 6.07) is 11.3. The Morgan fingerprint density at radius 2 is 1.86 bits per heavy atom. The van der Waals surface area contributed by atoms with Gasteiger partial charge in [-0.1, -0.05) is 31.2 Å². The third-order valence-corrected chi connectivity index (χ3v) is 6.05. The highest BCUT2D eigenvalue weighted by Gasteiger charge is 2.33. The molecular formula is C19H28N2. The van der Waals surface area contributed by atoms with E-state index in [1.54, 1.807) is 11.1 Å². The lowest BCUT2D eigenvalue weighted by Crippen LogP contribution is -2.47. The van der Waals surface area contributed by atoms with E-state index < -0.39 is 0 Å². The van der Waals surface area contributed by atoms with Gasteiger partial charge in [0.15, 0.2) is 0 Å². The van der Waals surface area contributed by atoms with Gasteiger partial charge in [0.05, 0.1) is 0 Å². The second-order valence-corrected chi connectivity index (χ2v) is 7.38. The van der Waals surface area contributed by atoms with Gasteiger partial charge in [-0.2, -0.15) is 0 Å². The van der Waals surface area contributed by atoms with Crippen molar-refractivity contribution in [3.05, 3.63) is 35.4 Å². The molecule has 2 fully saturated rings. The Hall–Kier alpha value is -0.860. The Kier molecular flexibility index (Phi) is 3.76. The number of rotatable bonds is 2. The smallest absolute Gasteiger partial charge is 0.0325 e. The van der Waals surface area contributed by atoms with Gasteiger partial charge in [-0.25, -0.2) is 0 Å². The van der Waals surface area contributed by atoms with E-state index >= 15 is 0 Å². The van der Waals surface area contributed by atoms with E-state index in [9.17, 15) is 0 Å². The van der Waals surface area contributed by atoms with Crippen LogP contribution in [0.4, 0.5) is 0 Å². The average Bonchev–Trinajstić information content (AvgIpc) is 2.98. The van der Waals surface area contributed by atoms with Gasteiger partial charge in [-0.05, 0) is 68.7 Å². The van der Waals surface area contributed by atoms with Crippen LogP contribution in [0.3, 0.4) is 0 Å². The first-order valence-electron chi connectivity index (χ1n) is 8.90. The zero-order chi connectivity index (χ0) is 14.2. The molecule has 0 saturated carbocycles. The molecule has 0 bridgehead atoms. The van der Waals surface area contributed by atoms with Gasteiger partial charge in [-0.3, -0.25) is 0 Å². The Labute approximate surface area is 128 Å². The minimum Gasteiger partial charge on any atom is -0.307 e. The maximum atomic E-state index is 4.02. The molecule has 4 rings (SSSR count). The number of benzene rings is 1. The summed E-state index contributed by atoms with van der Waals surface area (Å²) in [6.07, 6.45) is 8.19. The number of nitrogens with one attached hydrogen (secondary N) is 1. The van der Waals surface area contributed by atoms with Crippen LogP contribution in [-0.2, 0) is 0 Å². The molecule has 21 heavy (non-hydrogen) atoms. The molecule has 2 aliphatic heterocycles. The fraction of sp³-hybridized carbons (Fsp3) is 0.684. The van der Waals surface area contributed by atoms with E-state index in [0.29, 0.717) is 6.04 Å². The van der Waals surface area contributed by atoms with Crippen LogP contribution >= 0.6 is 0 Å². The SMILES string of the molecule is CC1CCC(NC2CCN3CCCC3C2)c2ccccc21. The van der Waals surface area contributed by atoms with Crippen molar-refractivity contribution < 1.29 is 0 Å². The van der Waals surface area contributed by atoms with E-state index in [1.807, 2.05) is 0 Å². The summed E-state index contributed by atoms with van der Waals surface area (Å²) < 4.78 is 0. The van der Waals surface area contributed by atoms with Crippen LogP contribution in [0.25, 0.3) is 0 Å². The van der Waals surface area contributed by atoms with Crippen molar-refractivity contribution in [2.24, 2.45) is 0 Å². The average molecular weight is 284 g/mol. The maximum Gasteiger partial charge on any atom is 0.0325 e. The fourth-order valence-electron chi connectivity index (χ4n) is 4.84. The predicted molar refractivity (Wildman–Crippen MR) is 87.6 cm³/mol. The standard InChI is InChI=1S/C19H28N2/c1-14-8-9-19(18-7-3-2-6-17(14)18)20-15-10-12-21-11-4-5-16(21)13-15/h2-3,6-7,14-16,19-20H,4-5,8-13H2,1H3. The van der Waals surface area contributed by atoms with Gasteiger partial charge >= 0.3 is 0 Å². The van der Waals surface area contributed by atoms with Crippen molar-refractivity contribution in [3.63, 3.8) is 0 Å². The molecule has 114 valence electrons. The molecule has 0 aromatic heterocycles. The summed E-state index contributed by atoms with van der Waals surface area (Å²) in [7, 11) is 0. The van der Waals surface area contributed by atoms with E-state index in [4.69, 9.17) is 0 Å². The first-order valence-corrected chi connectivity index (χ1v) is 8.90. The topological polar surface area (TPSA) is 15.3 Å². The maximum absolute atomic E-state index is 4.02. The van der Waals surface area contributed by atoms with Crippen LogP contribution in [0.1, 0.15) is 68.5 Å². The van der Waals surface area contributed by atoms with Crippen molar-refractivity contribution in [2.45, 2.75) is 69.5 Å². The first kappa shape index (κ1) is 13.8. The van der Waals surface area contributed by atoms with Crippen molar-refractivity contribution >= 4 is 0 Å². The normalized spacial score (nSPS) is 36.2. The third kappa shape index (κ3) is 2.64. The molecule has 4 unspecified atom stereocenters. The molecule has 1 aromatic rings. The Morgan fingerprint density at radius 3 is 2.76 bits per heavy atom. The van der Waals surface area contributed by atoms with Crippen molar-refractivity contribution in [1.82, 2.24) is 10.2 Å².